The average molecular weight is 232 g/mol. The summed E-state index contributed by atoms with van der Waals surface area (Å²) in [7, 11) is 2.91. The van der Waals surface area contributed by atoms with Gasteiger partial charge in [0.05, 0.1) is 20.4 Å². The predicted octanol–water partition coefficient (Wildman–Crippen LogP) is 0.671. The van der Waals surface area contributed by atoms with Gasteiger partial charge >= 0.3 is 0 Å². The molecule has 1 N–H and O–H groups in total. The van der Waals surface area contributed by atoms with E-state index in [1.807, 2.05) is 0 Å². The third-order valence-electron chi connectivity index (χ3n) is 1.51. The molecular formula is C8H10ClN3O3. The maximum atomic E-state index is 10.9. The maximum Gasteiger partial charge on any atom is 0.261 e. The fourth-order valence-electron chi connectivity index (χ4n) is 0.860. The van der Waals surface area contributed by atoms with Crippen LogP contribution >= 0.6 is 11.6 Å². The lowest BCUT2D eigenvalue weighted by molar-refractivity contribution is -0.114. The number of rotatable bonds is 4. The lowest BCUT2D eigenvalue weighted by Gasteiger charge is -2.07. The minimum Gasteiger partial charge on any atom is -0.490 e. The number of carbonyl (C=O) groups is 1. The number of halogens is 1. The molecule has 0 saturated carbocycles. The SMILES string of the molecule is COc1cnc(NC(=O)CCl)nc1OC. The third-order valence-corrected chi connectivity index (χ3v) is 1.75. The monoisotopic (exact) mass is 231 g/mol. The summed E-state index contributed by atoms with van der Waals surface area (Å²) < 4.78 is 9.87. The van der Waals surface area contributed by atoms with Gasteiger partial charge in [0.1, 0.15) is 5.88 Å². The fraction of sp³-hybridized carbons (Fsp3) is 0.375. The molecule has 0 aliphatic carbocycles. The first-order valence-electron chi connectivity index (χ1n) is 4.02. The van der Waals surface area contributed by atoms with E-state index in [0.29, 0.717) is 5.75 Å². The van der Waals surface area contributed by atoms with Crippen molar-refractivity contribution in [2.24, 2.45) is 0 Å². The van der Waals surface area contributed by atoms with Crippen molar-refractivity contribution in [3.63, 3.8) is 0 Å². The highest BCUT2D eigenvalue weighted by Gasteiger charge is 2.09. The second-order valence-corrected chi connectivity index (χ2v) is 2.72. The summed E-state index contributed by atoms with van der Waals surface area (Å²) in [5.41, 5.74) is 0. The Morgan fingerprint density at radius 3 is 2.80 bits per heavy atom. The van der Waals surface area contributed by atoms with Gasteiger partial charge in [-0.1, -0.05) is 0 Å². The van der Waals surface area contributed by atoms with Gasteiger partial charge in [-0.05, 0) is 0 Å². The Kier molecular flexibility index (Phi) is 4.11. The summed E-state index contributed by atoms with van der Waals surface area (Å²) in [4.78, 5) is 18.7. The van der Waals surface area contributed by atoms with E-state index < -0.39 is 0 Å². The number of hydrogen-bond donors (Lipinski definition) is 1. The van der Waals surface area contributed by atoms with Crippen LogP contribution in [0.2, 0.25) is 0 Å². The molecule has 0 saturated heterocycles. The van der Waals surface area contributed by atoms with Crippen LogP contribution in [0.5, 0.6) is 11.6 Å². The molecular weight excluding hydrogens is 222 g/mol. The van der Waals surface area contributed by atoms with Crippen molar-refractivity contribution < 1.29 is 14.3 Å². The van der Waals surface area contributed by atoms with Crippen LogP contribution in [0, 0.1) is 0 Å². The quantitative estimate of drug-likeness (QED) is 0.771. The number of anilines is 1. The number of carbonyl (C=O) groups excluding carboxylic acids is 1. The van der Waals surface area contributed by atoms with Crippen molar-refractivity contribution in [3.05, 3.63) is 6.20 Å². The molecule has 1 heterocycles. The number of ether oxygens (including phenoxy) is 2. The van der Waals surface area contributed by atoms with Gasteiger partial charge in [-0.25, -0.2) is 4.98 Å². The normalized spacial score (nSPS) is 9.53. The molecule has 0 radical (unpaired) electrons. The Labute approximate surface area is 91.6 Å². The van der Waals surface area contributed by atoms with Gasteiger partial charge < -0.3 is 9.47 Å². The predicted molar refractivity (Wildman–Crippen MR) is 54.5 cm³/mol. The molecule has 0 atom stereocenters. The smallest absolute Gasteiger partial charge is 0.261 e. The topological polar surface area (TPSA) is 73.3 Å². The van der Waals surface area contributed by atoms with Crippen LogP contribution in [0.25, 0.3) is 0 Å². The summed E-state index contributed by atoms with van der Waals surface area (Å²) in [6.07, 6.45) is 1.40. The van der Waals surface area contributed by atoms with Crippen LogP contribution in [0.3, 0.4) is 0 Å². The third kappa shape index (κ3) is 2.95. The molecule has 0 aromatic carbocycles. The van der Waals surface area contributed by atoms with Crippen LogP contribution in [-0.4, -0.2) is 36.0 Å². The minimum absolute atomic E-state index is 0.123. The van der Waals surface area contributed by atoms with Crippen molar-refractivity contribution in [2.45, 2.75) is 0 Å². The lowest BCUT2D eigenvalue weighted by atomic mass is 10.5. The summed E-state index contributed by atoms with van der Waals surface area (Å²) in [6, 6.07) is 0. The summed E-state index contributed by atoms with van der Waals surface area (Å²) >= 11 is 5.31. The van der Waals surface area contributed by atoms with Gasteiger partial charge in [0, 0.05) is 0 Å². The molecule has 0 fully saturated rings. The Bertz CT molecular complexity index is 359. The van der Waals surface area contributed by atoms with Gasteiger partial charge in [0.25, 0.3) is 5.88 Å². The van der Waals surface area contributed by atoms with Crippen LogP contribution in [0.4, 0.5) is 5.95 Å². The number of aromatic nitrogens is 2. The van der Waals surface area contributed by atoms with Crippen LogP contribution in [0.15, 0.2) is 6.20 Å². The number of methoxy groups -OCH3 is 2. The summed E-state index contributed by atoms with van der Waals surface area (Å²) in [5.74, 6) is 0.221. The number of nitrogens with zero attached hydrogens (tertiary/aromatic N) is 2. The molecule has 1 amide bonds. The van der Waals surface area contributed by atoms with Crippen molar-refractivity contribution >= 4 is 23.5 Å². The first-order valence-corrected chi connectivity index (χ1v) is 4.55. The highest BCUT2D eigenvalue weighted by molar-refractivity contribution is 6.28. The number of hydrogen-bond acceptors (Lipinski definition) is 5. The Morgan fingerprint density at radius 1 is 1.53 bits per heavy atom. The first-order chi connectivity index (χ1) is 7.21. The average Bonchev–Trinajstić information content (AvgIpc) is 2.28. The minimum atomic E-state index is -0.385. The van der Waals surface area contributed by atoms with Gasteiger partial charge in [-0.3, -0.25) is 10.1 Å². The van der Waals surface area contributed by atoms with Crippen LogP contribution in [-0.2, 0) is 4.79 Å². The summed E-state index contributed by atoms with van der Waals surface area (Å²) in [5, 5.41) is 2.39. The van der Waals surface area contributed by atoms with Crippen molar-refractivity contribution in [3.8, 4) is 11.6 Å². The second kappa shape index (κ2) is 5.35. The van der Waals surface area contributed by atoms with E-state index in [1.54, 1.807) is 0 Å². The number of amides is 1. The van der Waals surface area contributed by atoms with Crippen molar-refractivity contribution in [2.75, 3.05) is 25.4 Å². The van der Waals surface area contributed by atoms with E-state index in [2.05, 4.69) is 15.3 Å². The molecule has 0 aliphatic rings. The zero-order valence-electron chi connectivity index (χ0n) is 8.28. The van der Waals surface area contributed by atoms with E-state index in [4.69, 9.17) is 21.1 Å². The Morgan fingerprint density at radius 2 is 2.27 bits per heavy atom. The van der Waals surface area contributed by atoms with Gasteiger partial charge in [-0.2, -0.15) is 4.98 Å². The molecule has 1 aromatic rings. The first kappa shape index (κ1) is 11.5. The molecule has 0 unspecified atom stereocenters. The van der Waals surface area contributed by atoms with Crippen molar-refractivity contribution in [1.29, 1.82) is 0 Å². The zero-order valence-corrected chi connectivity index (χ0v) is 9.04. The molecule has 82 valence electrons. The molecule has 1 rings (SSSR count). The van der Waals surface area contributed by atoms with E-state index in [-0.39, 0.29) is 23.6 Å². The Hall–Kier alpha value is -1.56. The highest BCUT2D eigenvalue weighted by atomic mass is 35.5. The van der Waals surface area contributed by atoms with Gasteiger partial charge in [0.2, 0.25) is 11.9 Å². The second-order valence-electron chi connectivity index (χ2n) is 2.45. The maximum absolute atomic E-state index is 10.9. The van der Waals surface area contributed by atoms with E-state index in [9.17, 15) is 4.79 Å². The standard InChI is InChI=1S/C8H10ClN3O3/c1-14-5-4-10-8(11-6(13)3-9)12-7(5)15-2/h4H,3H2,1-2H3,(H,10,11,12,13). The fourth-order valence-corrected chi connectivity index (χ4v) is 0.927. The Balaban J connectivity index is 2.88. The van der Waals surface area contributed by atoms with E-state index >= 15 is 0 Å². The summed E-state index contributed by atoms with van der Waals surface area (Å²) in [6.45, 7) is 0. The van der Waals surface area contributed by atoms with Crippen LogP contribution in [0.1, 0.15) is 0 Å². The van der Waals surface area contributed by atoms with E-state index in [0.717, 1.165) is 0 Å². The van der Waals surface area contributed by atoms with Crippen LogP contribution < -0.4 is 14.8 Å². The zero-order chi connectivity index (χ0) is 11.3. The molecule has 6 nitrogen and oxygen atoms in total. The van der Waals surface area contributed by atoms with E-state index in [1.165, 1.54) is 20.4 Å². The number of nitrogens with one attached hydrogen (secondary N) is 1. The molecule has 1 aromatic heterocycles. The highest BCUT2D eigenvalue weighted by Crippen LogP contribution is 2.23. The number of alkyl halides is 1. The lowest BCUT2D eigenvalue weighted by Crippen LogP contribution is -2.15. The largest absolute Gasteiger partial charge is 0.490 e. The van der Waals surface area contributed by atoms with Crippen molar-refractivity contribution in [1.82, 2.24) is 9.97 Å². The molecule has 0 spiro atoms. The molecule has 0 aliphatic heterocycles. The molecule has 7 heteroatoms. The van der Waals surface area contributed by atoms with Gasteiger partial charge in [-0.15, -0.1) is 11.6 Å². The molecule has 0 bridgehead atoms. The van der Waals surface area contributed by atoms with Gasteiger partial charge in [0.15, 0.2) is 5.75 Å². The molecule has 15 heavy (non-hydrogen) atoms.